The van der Waals surface area contributed by atoms with E-state index in [9.17, 15) is 119 Å². The topological polar surface area (TPSA) is 20.2 Å². The lowest BCUT2D eigenvalue weighted by molar-refractivity contribution is -0.439. The maximum absolute atomic E-state index is 14.5. The van der Waals surface area contributed by atoms with E-state index in [2.05, 4.69) is 0 Å². The summed E-state index contributed by atoms with van der Waals surface area (Å²) >= 11 is 0. The van der Waals surface area contributed by atoms with E-state index in [4.69, 9.17) is 0 Å². The van der Waals surface area contributed by atoms with Gasteiger partial charge in [0.1, 0.15) is 5.75 Å². The van der Waals surface area contributed by atoms with Crippen LogP contribution in [0.4, 0.5) is 114 Å². The Morgan fingerprint density at radius 2 is 0.815 bits per heavy atom. The van der Waals surface area contributed by atoms with Gasteiger partial charge >= 0.3 is 71.6 Å². The number of alkyl halides is 26. The number of phenols is 1. The van der Waals surface area contributed by atoms with Crippen molar-refractivity contribution in [1.82, 2.24) is 0 Å². The van der Waals surface area contributed by atoms with E-state index in [0.717, 1.165) is 12.5 Å². The molecule has 0 aromatic heterocycles. The van der Waals surface area contributed by atoms with Crippen molar-refractivity contribution < 1.29 is 119 Å². The van der Waals surface area contributed by atoms with Gasteiger partial charge < -0.3 is 5.11 Å². The SMILES string of the molecule is Cc1ccc(CCCCCCCCC(CCC(C)[Si]CCC(F)(F)C(F)(F)C(F)(F)C(F)(F)C(F)(F)C(F)(F)F)[Si]CCC(F)(F)C(F)(F)C(F)(F)C(F)(F)C(F)(F)C(F)(F)F)cc1O. The molecule has 0 amide bonds. The van der Waals surface area contributed by atoms with E-state index in [1.54, 1.807) is 25.1 Å². The number of aromatic hydroxyl groups is 1. The highest BCUT2D eigenvalue weighted by atomic mass is 28.2. The zero-order valence-electron chi connectivity index (χ0n) is 33.6. The molecule has 0 saturated heterocycles. The molecule has 1 aromatic rings. The maximum atomic E-state index is 14.5. The minimum atomic E-state index is -8.11. The van der Waals surface area contributed by atoms with Crippen LogP contribution >= 0.6 is 0 Å². The van der Waals surface area contributed by atoms with Crippen LogP contribution in [0.25, 0.3) is 0 Å². The first-order valence-corrected chi connectivity index (χ1v) is 21.6. The lowest BCUT2D eigenvalue weighted by atomic mass is 9.93. The van der Waals surface area contributed by atoms with Crippen molar-refractivity contribution in [2.45, 2.75) is 186 Å². The summed E-state index contributed by atoms with van der Waals surface area (Å²) in [6.07, 6.45) is -17.1. The largest absolute Gasteiger partial charge is 0.508 e. The van der Waals surface area contributed by atoms with Crippen molar-refractivity contribution in [2.24, 2.45) is 0 Å². The highest BCUT2D eigenvalue weighted by molar-refractivity contribution is 6.38. The van der Waals surface area contributed by atoms with Gasteiger partial charge in [-0.3, -0.25) is 0 Å². The molecular weight excluding hydrogens is 999 g/mol. The standard InChI is InChI=1S/C36H40F26OSi2/c1-20-11-13-22(19-24(20)63)9-7-5-3-4-6-8-10-23(65-18-16-26(39,40)28(43,44)30(47,48)32(51,52)34(55,56)36(60,61)62)14-12-21(2)64-17-15-25(37,38)27(41,42)29(45,46)31(49,50)33(53,54)35(57,58)59/h11,13,19,21,23,63H,3-10,12,14-18H2,1-2H3. The lowest BCUT2D eigenvalue weighted by Crippen LogP contribution is -2.70. The molecule has 0 aliphatic heterocycles. The van der Waals surface area contributed by atoms with Gasteiger partial charge in [-0.25, -0.2) is 0 Å². The van der Waals surface area contributed by atoms with Crippen molar-refractivity contribution >= 4 is 19.0 Å². The number of hydrogen-bond acceptors (Lipinski definition) is 1. The zero-order valence-corrected chi connectivity index (χ0v) is 35.6. The second kappa shape index (κ2) is 21.1. The highest BCUT2D eigenvalue weighted by Crippen LogP contribution is 2.62. The van der Waals surface area contributed by atoms with Crippen molar-refractivity contribution in [1.29, 1.82) is 0 Å². The van der Waals surface area contributed by atoms with Gasteiger partial charge in [0.25, 0.3) is 0 Å². The third-order valence-corrected chi connectivity index (χ3v) is 13.5. The Kier molecular flexibility index (Phi) is 19.7. The molecular formula is C36H40F26OSi2. The minimum Gasteiger partial charge on any atom is -0.508 e. The smallest absolute Gasteiger partial charge is 0.460 e. The summed E-state index contributed by atoms with van der Waals surface area (Å²) in [6, 6.07) is 2.47. The van der Waals surface area contributed by atoms with E-state index in [1.807, 2.05) is 0 Å². The third-order valence-electron chi connectivity index (χ3n) is 10.3. The summed E-state index contributed by atoms with van der Waals surface area (Å²) < 4.78 is 351. The number of benzene rings is 1. The summed E-state index contributed by atoms with van der Waals surface area (Å²) in [6.45, 7) is 2.82. The molecule has 0 fully saturated rings. The van der Waals surface area contributed by atoms with Crippen LogP contribution in [-0.2, 0) is 6.42 Å². The Balaban J connectivity index is 3.07. The summed E-state index contributed by atoms with van der Waals surface area (Å²) in [5, 5.41) is 9.81. The molecule has 29 heteroatoms. The average Bonchev–Trinajstić information content (AvgIpc) is 3.14. The molecule has 0 saturated carbocycles. The van der Waals surface area contributed by atoms with Gasteiger partial charge in [-0.15, -0.1) is 0 Å². The van der Waals surface area contributed by atoms with Crippen molar-refractivity contribution in [3.05, 3.63) is 29.3 Å². The number of aryl methyl sites for hydroxylation is 2. The zero-order chi connectivity index (χ0) is 51.3. The van der Waals surface area contributed by atoms with Crippen LogP contribution in [0, 0.1) is 6.92 Å². The van der Waals surface area contributed by atoms with Gasteiger partial charge in [-0.1, -0.05) is 88.1 Å². The Morgan fingerprint density at radius 1 is 0.446 bits per heavy atom. The molecule has 0 spiro atoms. The molecule has 0 aliphatic rings. The van der Waals surface area contributed by atoms with E-state index < -0.39 is 127 Å². The van der Waals surface area contributed by atoms with Crippen molar-refractivity contribution in [2.75, 3.05) is 0 Å². The van der Waals surface area contributed by atoms with E-state index >= 15 is 0 Å². The number of rotatable bonds is 28. The first-order valence-electron chi connectivity index (χ1n) is 19.0. The fourth-order valence-electron chi connectivity index (χ4n) is 5.97. The van der Waals surface area contributed by atoms with Crippen LogP contribution in [0.3, 0.4) is 0 Å². The number of halogens is 26. The van der Waals surface area contributed by atoms with E-state index in [0.29, 0.717) is 44.1 Å². The Hall–Kier alpha value is -2.37. The van der Waals surface area contributed by atoms with Gasteiger partial charge in [0, 0.05) is 31.9 Å². The summed E-state index contributed by atoms with van der Waals surface area (Å²) in [4.78, 5) is 0. The van der Waals surface area contributed by atoms with Crippen molar-refractivity contribution in [3.8, 4) is 5.75 Å². The molecule has 0 aliphatic carbocycles. The van der Waals surface area contributed by atoms with Gasteiger partial charge in [0.05, 0.1) is 0 Å². The van der Waals surface area contributed by atoms with Gasteiger partial charge in [0.2, 0.25) is 0 Å². The van der Waals surface area contributed by atoms with Gasteiger partial charge in [0.15, 0.2) is 0 Å². The van der Waals surface area contributed by atoms with Gasteiger partial charge in [-0.2, -0.15) is 114 Å². The first-order chi connectivity index (χ1) is 28.9. The molecule has 380 valence electrons. The Morgan fingerprint density at radius 3 is 1.22 bits per heavy atom. The van der Waals surface area contributed by atoms with Crippen LogP contribution < -0.4 is 0 Å². The van der Waals surface area contributed by atoms with Gasteiger partial charge in [-0.05, 0) is 42.5 Å². The molecule has 4 radical (unpaired) electrons. The maximum Gasteiger partial charge on any atom is 0.460 e. The summed E-state index contributed by atoms with van der Waals surface area (Å²) in [7, 11) is -2.06. The fourth-order valence-corrected chi connectivity index (χ4v) is 8.93. The van der Waals surface area contributed by atoms with Crippen LogP contribution in [0.2, 0.25) is 23.2 Å². The van der Waals surface area contributed by atoms with E-state index in [-0.39, 0.29) is 31.4 Å². The predicted octanol–water partition coefficient (Wildman–Crippen LogP) is 15.9. The average molecular weight is 1040 g/mol. The van der Waals surface area contributed by atoms with Crippen molar-refractivity contribution in [3.63, 3.8) is 0 Å². The molecule has 2 atom stereocenters. The number of hydrogen-bond donors (Lipinski definition) is 1. The lowest BCUT2D eigenvalue weighted by Gasteiger charge is -2.39. The fraction of sp³-hybridized carbons (Fsp3) is 0.833. The second-order valence-electron chi connectivity index (χ2n) is 15.4. The Bertz CT molecular complexity index is 1640. The molecule has 65 heavy (non-hydrogen) atoms. The monoisotopic (exact) mass is 1040 g/mol. The summed E-state index contributed by atoms with van der Waals surface area (Å²) in [5.74, 6) is -75.7. The third kappa shape index (κ3) is 12.8. The molecule has 1 aromatic carbocycles. The molecule has 0 bridgehead atoms. The predicted molar refractivity (Wildman–Crippen MR) is 183 cm³/mol. The minimum absolute atomic E-state index is 0.0267. The Labute approximate surface area is 359 Å². The van der Waals surface area contributed by atoms with Crippen LogP contribution in [0.5, 0.6) is 5.75 Å². The van der Waals surface area contributed by atoms with Crippen LogP contribution in [-0.4, -0.2) is 95.7 Å². The molecule has 0 heterocycles. The van der Waals surface area contributed by atoms with Crippen LogP contribution in [0.1, 0.15) is 88.7 Å². The highest BCUT2D eigenvalue weighted by Gasteiger charge is 2.92. The quantitative estimate of drug-likeness (QED) is 0.0504. The second-order valence-corrected chi connectivity index (χ2v) is 19.0. The van der Waals surface area contributed by atoms with Crippen LogP contribution in [0.15, 0.2) is 18.2 Å². The normalized spacial score (nSPS) is 16.0. The number of phenolic OH excluding ortho intramolecular Hbond substituents is 1. The first kappa shape index (κ1) is 60.6. The molecule has 2 unspecified atom stereocenters. The molecule has 1 nitrogen and oxygen atoms in total. The summed E-state index contributed by atoms with van der Waals surface area (Å²) in [5.41, 5.74) is -0.444. The number of unbranched alkanes of at least 4 members (excludes halogenated alkanes) is 5. The molecule has 1 N–H and O–H groups in total. The van der Waals surface area contributed by atoms with E-state index in [1.165, 1.54) is 0 Å². The molecule has 1 rings (SSSR count).